The lowest BCUT2D eigenvalue weighted by atomic mass is 9.85. The van der Waals surface area contributed by atoms with Crippen LogP contribution < -0.4 is 5.32 Å². The van der Waals surface area contributed by atoms with Crippen LogP contribution in [0.5, 0.6) is 0 Å². The third kappa shape index (κ3) is 4.66. The zero-order chi connectivity index (χ0) is 16.5. The van der Waals surface area contributed by atoms with Crippen molar-refractivity contribution in [2.45, 2.75) is 65.0 Å². The van der Waals surface area contributed by atoms with Crippen molar-refractivity contribution < 1.29 is 28.9 Å². The fourth-order valence-corrected chi connectivity index (χ4v) is 2.96. The van der Waals surface area contributed by atoms with Crippen LogP contribution in [0.25, 0.3) is 0 Å². The van der Waals surface area contributed by atoms with Crippen LogP contribution in [-0.4, -0.2) is 40.9 Å². The Morgan fingerprint density at radius 3 is 2.19 bits per heavy atom. The number of nitrogens with one attached hydrogen (secondary N) is 1. The van der Waals surface area contributed by atoms with Crippen LogP contribution in [0.1, 0.15) is 48.0 Å². The highest BCUT2D eigenvalue weighted by atomic mass is 16.9. The van der Waals surface area contributed by atoms with Crippen LogP contribution in [0.15, 0.2) is 0 Å². The third-order valence-corrected chi connectivity index (χ3v) is 3.50. The zero-order valence-corrected chi connectivity index (χ0v) is 13.5. The summed E-state index contributed by atoms with van der Waals surface area (Å²) in [4.78, 5) is 22.1. The van der Waals surface area contributed by atoms with Gasteiger partial charge in [0.05, 0.1) is 5.92 Å². The van der Waals surface area contributed by atoms with Gasteiger partial charge < -0.3 is 19.9 Å². The first-order chi connectivity index (χ1) is 9.38. The molecule has 0 spiro atoms. The Hall–Kier alpha value is -1.18. The molecule has 0 unspecified atom stereocenters. The Morgan fingerprint density at radius 2 is 1.81 bits per heavy atom. The summed E-state index contributed by atoms with van der Waals surface area (Å²) in [6.07, 6.45) is 0.518. The van der Waals surface area contributed by atoms with E-state index in [0.29, 0.717) is 6.42 Å². The molecule has 1 aliphatic heterocycles. The summed E-state index contributed by atoms with van der Waals surface area (Å²) < 4.78 is 14.9. The maximum Gasteiger partial charge on any atom is 0.334 e. The molecule has 0 aromatic heterocycles. The fraction of sp³-hybridized carbons (Fsp3) is 0.857. The molecule has 1 aliphatic rings. The molecule has 0 bridgehead atoms. The molecule has 0 radical (unpaired) electrons. The summed E-state index contributed by atoms with van der Waals surface area (Å²) in [5.74, 6) is -3.92. The smallest absolute Gasteiger partial charge is 0.334 e. The summed E-state index contributed by atoms with van der Waals surface area (Å²) in [5.41, 5.74) is -0.795. The van der Waals surface area contributed by atoms with Gasteiger partial charge >= 0.3 is 17.9 Å². The quantitative estimate of drug-likeness (QED) is 0.575. The van der Waals surface area contributed by atoms with Crippen molar-refractivity contribution >= 4 is 11.9 Å². The molecule has 0 saturated carbocycles. The van der Waals surface area contributed by atoms with Gasteiger partial charge in [0.15, 0.2) is 6.79 Å². The molecule has 0 aromatic rings. The van der Waals surface area contributed by atoms with Crippen molar-refractivity contribution in [3.05, 3.63) is 0 Å². The van der Waals surface area contributed by atoms with Crippen molar-refractivity contribution in [1.29, 1.82) is 0 Å². The van der Waals surface area contributed by atoms with E-state index in [0.717, 1.165) is 0 Å². The number of carbonyl (C=O) groups is 2. The molecule has 0 aliphatic carbocycles. The molecule has 0 amide bonds. The van der Waals surface area contributed by atoms with Gasteiger partial charge in [0.25, 0.3) is 0 Å². The van der Waals surface area contributed by atoms with Crippen LogP contribution in [0.4, 0.5) is 0 Å². The number of esters is 2. The molecular weight excluding hydrogens is 278 g/mol. The van der Waals surface area contributed by atoms with E-state index >= 15 is 0 Å². The van der Waals surface area contributed by atoms with Crippen molar-refractivity contribution in [2.75, 3.05) is 6.79 Å². The fourth-order valence-electron chi connectivity index (χ4n) is 2.96. The number of rotatable bonds is 5. The predicted molar refractivity (Wildman–Crippen MR) is 73.8 cm³/mol. The predicted octanol–water partition coefficient (Wildman–Crippen LogP) is 0.899. The third-order valence-electron chi connectivity index (χ3n) is 3.50. The lowest BCUT2D eigenvalue weighted by Gasteiger charge is -2.38. The second-order valence-electron chi connectivity index (χ2n) is 6.61. The van der Waals surface area contributed by atoms with Gasteiger partial charge in [0.1, 0.15) is 0 Å². The average Bonchev–Trinajstić information content (AvgIpc) is 2.45. The highest BCUT2D eigenvalue weighted by Crippen LogP contribution is 2.43. The number of ether oxygens (including phenoxy) is 3. The van der Waals surface area contributed by atoms with Crippen LogP contribution in [-0.2, 0) is 23.8 Å². The summed E-state index contributed by atoms with van der Waals surface area (Å²) in [7, 11) is 0. The van der Waals surface area contributed by atoms with Gasteiger partial charge in [-0.1, -0.05) is 0 Å². The maximum atomic E-state index is 11.3. The summed E-state index contributed by atoms with van der Waals surface area (Å²) in [6, 6.07) is 0. The first-order valence-electron chi connectivity index (χ1n) is 6.86. The monoisotopic (exact) mass is 303 g/mol. The van der Waals surface area contributed by atoms with Gasteiger partial charge in [-0.2, -0.15) is 0 Å². The minimum atomic E-state index is -2.16. The van der Waals surface area contributed by atoms with Gasteiger partial charge in [-0.05, 0) is 34.1 Å². The Labute approximate surface area is 124 Å². The SMILES string of the molecule is CC(=O)OCO[C@@](O)(OC(C)=O)[C@H]1CC(C)(C)NC1(C)C. The van der Waals surface area contributed by atoms with Gasteiger partial charge in [-0.3, -0.25) is 14.3 Å². The number of hydrogen-bond donors (Lipinski definition) is 2. The molecule has 1 rings (SSSR count). The molecule has 2 N–H and O–H groups in total. The van der Waals surface area contributed by atoms with Crippen LogP contribution >= 0.6 is 0 Å². The second kappa shape index (κ2) is 5.90. The van der Waals surface area contributed by atoms with E-state index < -0.39 is 36.2 Å². The Bertz CT molecular complexity index is 420. The normalized spacial score (nSPS) is 26.0. The minimum Gasteiger partial charge on any atom is -0.438 e. The first kappa shape index (κ1) is 17.9. The maximum absolute atomic E-state index is 11.3. The van der Waals surface area contributed by atoms with E-state index in [2.05, 4.69) is 10.1 Å². The highest BCUT2D eigenvalue weighted by molar-refractivity contribution is 5.66. The topological polar surface area (TPSA) is 94.1 Å². The Balaban J connectivity index is 2.95. The molecule has 0 aromatic carbocycles. The lowest BCUT2D eigenvalue weighted by Crippen LogP contribution is -2.55. The van der Waals surface area contributed by atoms with Gasteiger partial charge in [0, 0.05) is 24.9 Å². The molecule has 21 heavy (non-hydrogen) atoms. The van der Waals surface area contributed by atoms with Gasteiger partial charge in [0.2, 0.25) is 0 Å². The summed E-state index contributed by atoms with van der Waals surface area (Å²) in [6.45, 7) is 9.64. The van der Waals surface area contributed by atoms with Crippen LogP contribution in [0.2, 0.25) is 0 Å². The number of carbonyl (C=O) groups excluding carboxylic acids is 2. The lowest BCUT2D eigenvalue weighted by molar-refractivity contribution is -0.387. The largest absolute Gasteiger partial charge is 0.438 e. The van der Waals surface area contributed by atoms with E-state index in [9.17, 15) is 14.7 Å². The molecule has 1 saturated heterocycles. The van der Waals surface area contributed by atoms with Crippen LogP contribution in [0, 0.1) is 5.92 Å². The van der Waals surface area contributed by atoms with Gasteiger partial charge in [-0.25, -0.2) is 0 Å². The molecule has 7 heteroatoms. The standard InChI is InChI=1S/C14H25NO6/c1-9(16)19-8-20-14(18,21-10(2)17)11-7-12(3,4)15-13(11,5)6/h11,15,18H,7-8H2,1-6H3/t11-,14+/m0/s1. The Kier molecular flexibility index (Phi) is 5.02. The Morgan fingerprint density at radius 1 is 1.24 bits per heavy atom. The van der Waals surface area contributed by atoms with E-state index in [1.165, 1.54) is 13.8 Å². The van der Waals surface area contributed by atoms with Crippen molar-refractivity contribution in [3.8, 4) is 0 Å². The second-order valence-corrected chi connectivity index (χ2v) is 6.61. The molecule has 122 valence electrons. The highest BCUT2D eigenvalue weighted by Gasteiger charge is 2.57. The van der Waals surface area contributed by atoms with Gasteiger partial charge in [-0.15, -0.1) is 0 Å². The first-order valence-corrected chi connectivity index (χ1v) is 6.86. The minimum absolute atomic E-state index is 0.257. The number of hydrogen-bond acceptors (Lipinski definition) is 7. The molecule has 2 atom stereocenters. The molecule has 1 fully saturated rings. The van der Waals surface area contributed by atoms with E-state index in [1.54, 1.807) is 0 Å². The van der Waals surface area contributed by atoms with Crippen LogP contribution in [0.3, 0.4) is 0 Å². The van der Waals surface area contributed by atoms with Crippen molar-refractivity contribution in [1.82, 2.24) is 5.32 Å². The molecular formula is C14H25NO6. The van der Waals surface area contributed by atoms with Crippen molar-refractivity contribution in [2.24, 2.45) is 5.92 Å². The zero-order valence-electron chi connectivity index (χ0n) is 13.5. The molecule has 7 nitrogen and oxygen atoms in total. The summed E-state index contributed by atoms with van der Waals surface area (Å²) >= 11 is 0. The average molecular weight is 303 g/mol. The van der Waals surface area contributed by atoms with Crippen molar-refractivity contribution in [3.63, 3.8) is 0 Å². The number of aliphatic hydroxyl groups is 1. The van der Waals surface area contributed by atoms with E-state index in [4.69, 9.17) is 9.47 Å². The van der Waals surface area contributed by atoms with E-state index in [1.807, 2.05) is 27.7 Å². The molecule has 1 heterocycles. The van der Waals surface area contributed by atoms with E-state index in [-0.39, 0.29) is 5.54 Å². The summed E-state index contributed by atoms with van der Waals surface area (Å²) in [5, 5.41) is 14.0.